The molecule has 0 saturated heterocycles. The van der Waals surface area contributed by atoms with Crippen molar-refractivity contribution in [1.29, 1.82) is 0 Å². The molecular weight excluding hydrogens is 226 g/mol. The van der Waals surface area contributed by atoms with Crippen LogP contribution in [0.15, 0.2) is 0 Å². The first-order chi connectivity index (χ1) is 7.00. The number of unbranched alkanes of at least 4 members (excludes halogenated alkanes) is 5. The summed E-state index contributed by atoms with van der Waals surface area (Å²) in [6, 6.07) is 0. The lowest BCUT2D eigenvalue weighted by molar-refractivity contribution is 0.0832. The third-order valence-electron chi connectivity index (χ3n) is 2.15. The Kier molecular flexibility index (Phi) is 7.86. The molecule has 0 unspecified atom stereocenters. The molecule has 0 heterocycles. The van der Waals surface area contributed by atoms with E-state index in [-0.39, 0.29) is 13.0 Å². The first-order valence-corrected chi connectivity index (χ1v) is 6.31. The lowest BCUT2D eigenvalue weighted by Gasteiger charge is -2.08. The van der Waals surface area contributed by atoms with Crippen molar-refractivity contribution in [3.63, 3.8) is 0 Å². The highest BCUT2D eigenvalue weighted by atomic mass is 32.2. The minimum Gasteiger partial charge on any atom is -0.396 e. The van der Waals surface area contributed by atoms with E-state index in [0.29, 0.717) is 6.42 Å². The number of aliphatic hydroxyl groups is 1. The second-order valence-corrected chi connectivity index (χ2v) is 4.69. The minimum atomic E-state index is -3.64. The van der Waals surface area contributed by atoms with Crippen LogP contribution >= 0.6 is 0 Å². The number of aliphatic hydroxyl groups excluding tert-OH is 1. The third kappa shape index (κ3) is 7.67. The quantitative estimate of drug-likeness (QED) is 0.481. The van der Waals surface area contributed by atoms with Crippen molar-refractivity contribution in [2.24, 2.45) is 0 Å². The molecule has 0 aliphatic rings. The van der Waals surface area contributed by atoms with Crippen LogP contribution in [-0.4, -0.2) is 25.4 Å². The number of halogens is 2. The van der Waals surface area contributed by atoms with Crippen LogP contribution in [0.1, 0.15) is 44.9 Å². The molecule has 1 N–H and O–H groups in total. The zero-order valence-corrected chi connectivity index (χ0v) is 9.52. The SMILES string of the molecule is O=[SH](=O)C(F)(F)CCCCCCCCO. The van der Waals surface area contributed by atoms with Gasteiger partial charge in [-0.1, -0.05) is 25.7 Å². The molecule has 0 rings (SSSR count). The molecule has 0 amide bonds. The van der Waals surface area contributed by atoms with E-state index in [4.69, 9.17) is 5.11 Å². The van der Waals surface area contributed by atoms with Gasteiger partial charge in [0, 0.05) is 13.0 Å². The van der Waals surface area contributed by atoms with Gasteiger partial charge in [-0.05, 0) is 12.8 Å². The van der Waals surface area contributed by atoms with Crippen LogP contribution in [0.5, 0.6) is 0 Å². The highest BCUT2D eigenvalue weighted by molar-refractivity contribution is 7.73. The molecule has 0 aliphatic carbocycles. The van der Waals surface area contributed by atoms with Crippen LogP contribution in [0, 0.1) is 0 Å². The summed E-state index contributed by atoms with van der Waals surface area (Å²) in [6.07, 6.45) is 3.61. The van der Waals surface area contributed by atoms with Crippen LogP contribution in [-0.2, 0) is 10.7 Å². The average molecular weight is 244 g/mol. The Labute approximate surface area is 90.4 Å². The van der Waals surface area contributed by atoms with E-state index in [2.05, 4.69) is 0 Å². The highest BCUT2D eigenvalue weighted by Crippen LogP contribution is 2.22. The molecule has 0 atom stereocenters. The van der Waals surface area contributed by atoms with Gasteiger partial charge in [-0.3, -0.25) is 0 Å². The van der Waals surface area contributed by atoms with Crippen LogP contribution < -0.4 is 0 Å². The third-order valence-corrected chi connectivity index (χ3v) is 2.91. The molecule has 0 aromatic heterocycles. The van der Waals surface area contributed by atoms with E-state index in [1.54, 1.807) is 0 Å². The summed E-state index contributed by atoms with van der Waals surface area (Å²) in [6.45, 7) is 0.161. The maximum Gasteiger partial charge on any atom is 0.343 e. The Balaban J connectivity index is 3.39. The molecule has 6 heteroatoms. The molecule has 0 aliphatic heterocycles. The smallest absolute Gasteiger partial charge is 0.343 e. The van der Waals surface area contributed by atoms with Gasteiger partial charge in [-0.25, -0.2) is 8.42 Å². The summed E-state index contributed by atoms with van der Waals surface area (Å²) in [5.74, 6) is 0. The van der Waals surface area contributed by atoms with Gasteiger partial charge < -0.3 is 5.11 Å². The summed E-state index contributed by atoms with van der Waals surface area (Å²) < 4.78 is 45.3. The standard InChI is InChI=1S/C9H18F2O3S/c10-9(11,15(13)14)7-5-3-1-2-4-6-8-12/h12,15H,1-8H2. The van der Waals surface area contributed by atoms with Gasteiger partial charge in [-0.2, -0.15) is 8.78 Å². The van der Waals surface area contributed by atoms with Gasteiger partial charge in [0.15, 0.2) is 0 Å². The Morgan fingerprint density at radius 1 is 0.933 bits per heavy atom. The van der Waals surface area contributed by atoms with Gasteiger partial charge in [0.25, 0.3) is 0 Å². The van der Waals surface area contributed by atoms with E-state index in [0.717, 1.165) is 25.7 Å². The minimum absolute atomic E-state index is 0.161. The van der Waals surface area contributed by atoms with Gasteiger partial charge in [0.2, 0.25) is 10.7 Å². The van der Waals surface area contributed by atoms with E-state index in [1.165, 1.54) is 0 Å². The molecule has 0 aromatic carbocycles. The molecule has 0 aromatic rings. The molecule has 0 saturated carbocycles. The fourth-order valence-electron chi connectivity index (χ4n) is 1.25. The predicted molar refractivity (Wildman–Crippen MR) is 54.7 cm³/mol. The number of hydrogen-bond acceptors (Lipinski definition) is 3. The Morgan fingerprint density at radius 2 is 1.40 bits per heavy atom. The van der Waals surface area contributed by atoms with Crippen molar-refractivity contribution in [3.05, 3.63) is 0 Å². The van der Waals surface area contributed by atoms with Crippen LogP contribution in [0.2, 0.25) is 0 Å². The number of thiol groups is 1. The van der Waals surface area contributed by atoms with Crippen molar-refractivity contribution < 1.29 is 22.3 Å². The first kappa shape index (κ1) is 14.8. The van der Waals surface area contributed by atoms with Crippen molar-refractivity contribution in [2.45, 2.75) is 50.2 Å². The highest BCUT2D eigenvalue weighted by Gasteiger charge is 2.31. The van der Waals surface area contributed by atoms with E-state index >= 15 is 0 Å². The number of alkyl halides is 2. The van der Waals surface area contributed by atoms with Gasteiger partial charge >= 0.3 is 5.25 Å². The average Bonchev–Trinajstić information content (AvgIpc) is 2.16. The second-order valence-electron chi connectivity index (χ2n) is 3.52. The van der Waals surface area contributed by atoms with Crippen LogP contribution in [0.25, 0.3) is 0 Å². The molecule has 0 bridgehead atoms. The maximum atomic E-state index is 12.5. The van der Waals surface area contributed by atoms with Gasteiger partial charge in [0.1, 0.15) is 0 Å². The summed E-state index contributed by atoms with van der Waals surface area (Å²) in [5, 5.41) is 4.93. The van der Waals surface area contributed by atoms with Gasteiger partial charge in [-0.15, -0.1) is 0 Å². The number of rotatable bonds is 9. The lowest BCUT2D eigenvalue weighted by Crippen LogP contribution is -2.17. The first-order valence-electron chi connectivity index (χ1n) is 5.14. The van der Waals surface area contributed by atoms with E-state index < -0.39 is 22.4 Å². The van der Waals surface area contributed by atoms with Crippen molar-refractivity contribution in [2.75, 3.05) is 6.61 Å². The molecule has 15 heavy (non-hydrogen) atoms. The molecular formula is C9H18F2O3S. The maximum absolute atomic E-state index is 12.5. The predicted octanol–water partition coefficient (Wildman–Crippen LogP) is 1.91. The molecule has 0 radical (unpaired) electrons. The van der Waals surface area contributed by atoms with Crippen molar-refractivity contribution in [1.82, 2.24) is 0 Å². The fourth-order valence-corrected chi connectivity index (χ4v) is 1.59. The molecule has 92 valence electrons. The topological polar surface area (TPSA) is 54.4 Å². The zero-order valence-electron chi connectivity index (χ0n) is 8.62. The summed E-state index contributed by atoms with van der Waals surface area (Å²) >= 11 is 0. The molecule has 0 spiro atoms. The Morgan fingerprint density at radius 3 is 1.87 bits per heavy atom. The van der Waals surface area contributed by atoms with E-state index in [9.17, 15) is 17.2 Å². The monoisotopic (exact) mass is 244 g/mol. The van der Waals surface area contributed by atoms with Crippen LogP contribution in [0.3, 0.4) is 0 Å². The van der Waals surface area contributed by atoms with Crippen LogP contribution in [0.4, 0.5) is 8.78 Å². The van der Waals surface area contributed by atoms with E-state index in [1.807, 2.05) is 0 Å². The van der Waals surface area contributed by atoms with Crippen molar-refractivity contribution >= 4 is 10.7 Å². The normalized spacial score (nSPS) is 12.3. The summed E-state index contributed by atoms with van der Waals surface area (Å²) in [5.41, 5.74) is 0. The molecule has 0 fully saturated rings. The number of hydrogen-bond donors (Lipinski definition) is 2. The van der Waals surface area contributed by atoms with Gasteiger partial charge in [0.05, 0.1) is 0 Å². The summed E-state index contributed by atoms with van der Waals surface area (Å²) in [7, 11) is -3.64. The second kappa shape index (κ2) is 7.98. The Hall–Kier alpha value is -0.230. The largest absolute Gasteiger partial charge is 0.396 e. The van der Waals surface area contributed by atoms with Crippen molar-refractivity contribution in [3.8, 4) is 0 Å². The summed E-state index contributed by atoms with van der Waals surface area (Å²) in [4.78, 5) is 0. The Bertz CT molecular complexity index is 221. The fraction of sp³-hybridized carbons (Fsp3) is 1.00. The zero-order chi connectivity index (χ0) is 11.7. The molecule has 3 nitrogen and oxygen atoms in total. The lowest BCUT2D eigenvalue weighted by atomic mass is 10.1.